The van der Waals surface area contributed by atoms with Crippen LogP contribution in [0, 0.1) is 11.8 Å². The molecular weight excluding hydrogens is 150 g/mol. The van der Waals surface area contributed by atoms with Crippen LogP contribution in [-0.4, -0.2) is 35.7 Å². The van der Waals surface area contributed by atoms with Crippen molar-refractivity contribution >= 4 is 0 Å². The minimum atomic E-state index is -0.460. The summed E-state index contributed by atoms with van der Waals surface area (Å²) in [7, 11) is 2.05. The van der Waals surface area contributed by atoms with Gasteiger partial charge >= 0.3 is 0 Å². The number of rotatable bonds is 2. The Kier molecular flexibility index (Phi) is 3.13. The van der Waals surface area contributed by atoms with Crippen molar-refractivity contribution in [3.05, 3.63) is 0 Å². The Bertz CT molecular complexity index is 204. The van der Waals surface area contributed by atoms with Gasteiger partial charge in [0, 0.05) is 19.5 Å². The third-order valence-electron chi connectivity index (χ3n) is 2.42. The second-order valence-corrected chi connectivity index (χ2v) is 3.64. The van der Waals surface area contributed by atoms with E-state index in [2.05, 4.69) is 16.7 Å². The highest BCUT2D eigenvalue weighted by atomic mass is 16.3. The average molecular weight is 167 g/mol. The molecule has 0 aliphatic carbocycles. The summed E-state index contributed by atoms with van der Waals surface area (Å²) in [5, 5.41) is 9.98. The normalized spacial score (nSPS) is 29.9. The van der Waals surface area contributed by atoms with E-state index in [4.69, 9.17) is 0 Å². The van der Waals surface area contributed by atoms with E-state index in [1.165, 1.54) is 0 Å². The van der Waals surface area contributed by atoms with E-state index in [1.54, 1.807) is 0 Å². The third kappa shape index (κ3) is 2.51. The van der Waals surface area contributed by atoms with Crippen LogP contribution in [-0.2, 0) is 0 Å². The van der Waals surface area contributed by atoms with Crippen LogP contribution in [0.2, 0.25) is 0 Å². The molecule has 68 valence electrons. The predicted octanol–water partition coefficient (Wildman–Crippen LogP) is 0.857. The van der Waals surface area contributed by atoms with Crippen LogP contribution in [0.3, 0.4) is 0 Å². The van der Waals surface area contributed by atoms with Crippen LogP contribution in [0.5, 0.6) is 0 Å². The molecule has 1 atom stereocenters. The number of β-amino-alcohol motifs (C(OH)–C–C–N with tert-alkyl or cyclic N) is 1. The second kappa shape index (κ2) is 3.93. The van der Waals surface area contributed by atoms with Gasteiger partial charge in [-0.3, -0.25) is 0 Å². The first-order valence-electron chi connectivity index (χ1n) is 4.47. The molecule has 0 amide bonds. The summed E-state index contributed by atoms with van der Waals surface area (Å²) < 4.78 is 0. The van der Waals surface area contributed by atoms with E-state index < -0.39 is 5.60 Å². The lowest BCUT2D eigenvalue weighted by atomic mass is 9.97. The number of likely N-dealkylation sites (tertiary alicyclic amines) is 1. The SMILES string of the molecule is CC#CCCC1(O)CCN(C)C1. The molecule has 2 heteroatoms. The summed E-state index contributed by atoms with van der Waals surface area (Å²) >= 11 is 0. The van der Waals surface area contributed by atoms with Gasteiger partial charge in [-0.2, -0.15) is 0 Å². The van der Waals surface area contributed by atoms with Crippen molar-refractivity contribution in [1.82, 2.24) is 4.90 Å². The zero-order valence-electron chi connectivity index (χ0n) is 7.93. The zero-order valence-corrected chi connectivity index (χ0v) is 7.93. The molecule has 1 N–H and O–H groups in total. The Balaban J connectivity index is 2.33. The van der Waals surface area contributed by atoms with E-state index >= 15 is 0 Å². The molecule has 2 nitrogen and oxygen atoms in total. The fraction of sp³-hybridized carbons (Fsp3) is 0.800. The van der Waals surface area contributed by atoms with Gasteiger partial charge in [-0.25, -0.2) is 0 Å². The van der Waals surface area contributed by atoms with E-state index in [1.807, 2.05) is 14.0 Å². The molecule has 0 saturated carbocycles. The maximum absolute atomic E-state index is 9.98. The molecule has 0 radical (unpaired) electrons. The van der Waals surface area contributed by atoms with Gasteiger partial charge in [0.25, 0.3) is 0 Å². The molecule has 1 aliphatic rings. The number of likely N-dealkylation sites (N-methyl/N-ethyl adjacent to an activating group) is 1. The van der Waals surface area contributed by atoms with Crippen molar-refractivity contribution in [2.24, 2.45) is 0 Å². The van der Waals surface area contributed by atoms with Gasteiger partial charge in [-0.15, -0.1) is 11.8 Å². The fourth-order valence-electron chi connectivity index (χ4n) is 1.68. The first-order chi connectivity index (χ1) is 5.66. The van der Waals surface area contributed by atoms with Gasteiger partial charge in [-0.1, -0.05) is 0 Å². The average Bonchev–Trinajstić information content (AvgIpc) is 2.32. The topological polar surface area (TPSA) is 23.5 Å². The van der Waals surface area contributed by atoms with Crippen LogP contribution in [0.4, 0.5) is 0 Å². The maximum atomic E-state index is 9.98. The minimum Gasteiger partial charge on any atom is -0.388 e. The lowest BCUT2D eigenvalue weighted by Gasteiger charge is -2.20. The van der Waals surface area contributed by atoms with Gasteiger partial charge < -0.3 is 10.0 Å². The summed E-state index contributed by atoms with van der Waals surface area (Å²) in [6, 6.07) is 0. The predicted molar refractivity (Wildman–Crippen MR) is 49.7 cm³/mol. The smallest absolute Gasteiger partial charge is 0.0795 e. The lowest BCUT2D eigenvalue weighted by Crippen LogP contribution is -2.31. The molecule has 1 fully saturated rings. The monoisotopic (exact) mass is 167 g/mol. The number of hydrogen-bond acceptors (Lipinski definition) is 2. The van der Waals surface area contributed by atoms with Crippen LogP contribution >= 0.6 is 0 Å². The van der Waals surface area contributed by atoms with Gasteiger partial charge in [-0.05, 0) is 26.8 Å². The molecule has 0 aromatic rings. The lowest BCUT2D eigenvalue weighted by molar-refractivity contribution is 0.0447. The quantitative estimate of drug-likeness (QED) is 0.616. The standard InChI is InChI=1S/C10H17NO/c1-3-4-5-6-10(12)7-8-11(2)9-10/h12H,5-9H2,1-2H3. The first-order valence-corrected chi connectivity index (χ1v) is 4.47. The van der Waals surface area contributed by atoms with Crippen LogP contribution < -0.4 is 0 Å². The van der Waals surface area contributed by atoms with Crippen LogP contribution in [0.25, 0.3) is 0 Å². The molecule has 0 aromatic heterocycles. The number of nitrogens with zero attached hydrogens (tertiary/aromatic N) is 1. The van der Waals surface area contributed by atoms with Crippen LogP contribution in [0.15, 0.2) is 0 Å². The zero-order chi connectivity index (χ0) is 9.03. The number of aliphatic hydroxyl groups is 1. The van der Waals surface area contributed by atoms with Crippen molar-refractivity contribution in [2.75, 3.05) is 20.1 Å². The van der Waals surface area contributed by atoms with E-state index in [-0.39, 0.29) is 0 Å². The van der Waals surface area contributed by atoms with Gasteiger partial charge in [0.2, 0.25) is 0 Å². The molecule has 1 unspecified atom stereocenters. The van der Waals surface area contributed by atoms with E-state index in [9.17, 15) is 5.11 Å². The summed E-state index contributed by atoms with van der Waals surface area (Å²) in [4.78, 5) is 2.17. The Labute approximate surface area is 74.6 Å². The van der Waals surface area contributed by atoms with Crippen molar-refractivity contribution in [3.63, 3.8) is 0 Å². The second-order valence-electron chi connectivity index (χ2n) is 3.64. The largest absolute Gasteiger partial charge is 0.388 e. The van der Waals surface area contributed by atoms with Crippen molar-refractivity contribution < 1.29 is 5.11 Å². The van der Waals surface area contributed by atoms with Crippen molar-refractivity contribution in [3.8, 4) is 11.8 Å². The molecule has 1 saturated heterocycles. The molecule has 1 aliphatic heterocycles. The molecule has 1 rings (SSSR count). The molecule has 12 heavy (non-hydrogen) atoms. The molecule has 0 aromatic carbocycles. The van der Waals surface area contributed by atoms with Crippen LogP contribution in [0.1, 0.15) is 26.2 Å². The van der Waals surface area contributed by atoms with Crippen molar-refractivity contribution in [2.45, 2.75) is 31.8 Å². The highest BCUT2D eigenvalue weighted by molar-refractivity contribution is 4.98. The maximum Gasteiger partial charge on any atom is 0.0795 e. The summed E-state index contributed by atoms with van der Waals surface area (Å²) in [6.07, 6.45) is 2.54. The number of hydrogen-bond donors (Lipinski definition) is 1. The third-order valence-corrected chi connectivity index (χ3v) is 2.42. The Morgan fingerprint density at radius 2 is 2.33 bits per heavy atom. The highest BCUT2D eigenvalue weighted by Gasteiger charge is 2.33. The summed E-state index contributed by atoms with van der Waals surface area (Å²) in [5.74, 6) is 5.83. The molecular formula is C10H17NO. The van der Waals surface area contributed by atoms with Gasteiger partial charge in [0.05, 0.1) is 5.60 Å². The molecule has 0 bridgehead atoms. The molecule has 1 heterocycles. The minimum absolute atomic E-state index is 0.460. The summed E-state index contributed by atoms with van der Waals surface area (Å²) in [6.45, 7) is 3.65. The Morgan fingerprint density at radius 1 is 1.58 bits per heavy atom. The summed E-state index contributed by atoms with van der Waals surface area (Å²) in [5.41, 5.74) is -0.460. The first kappa shape index (κ1) is 9.57. The highest BCUT2D eigenvalue weighted by Crippen LogP contribution is 2.24. The van der Waals surface area contributed by atoms with E-state index in [0.717, 1.165) is 32.4 Å². The Hall–Kier alpha value is -0.520. The van der Waals surface area contributed by atoms with Crippen molar-refractivity contribution in [1.29, 1.82) is 0 Å². The Morgan fingerprint density at radius 3 is 2.83 bits per heavy atom. The van der Waals surface area contributed by atoms with Gasteiger partial charge in [0.1, 0.15) is 0 Å². The molecule has 0 spiro atoms. The fourth-order valence-corrected chi connectivity index (χ4v) is 1.68. The van der Waals surface area contributed by atoms with Gasteiger partial charge in [0.15, 0.2) is 0 Å². The van der Waals surface area contributed by atoms with E-state index in [0.29, 0.717) is 0 Å².